The molecule has 0 unspecified atom stereocenters. The Labute approximate surface area is 135 Å². The van der Waals surface area contributed by atoms with Crippen LogP contribution in [-0.4, -0.2) is 47.1 Å². The first-order valence-corrected chi connectivity index (χ1v) is 7.16. The number of nitrogens with zero attached hydrogens (tertiary/aromatic N) is 3. The van der Waals surface area contributed by atoms with Gasteiger partial charge in [0, 0.05) is 25.5 Å². The third-order valence-electron chi connectivity index (χ3n) is 3.48. The van der Waals surface area contributed by atoms with Crippen LogP contribution in [-0.2, 0) is 4.74 Å². The van der Waals surface area contributed by atoms with Crippen molar-refractivity contribution >= 4 is 17.5 Å². The average molecular weight is 338 g/mol. The van der Waals surface area contributed by atoms with Gasteiger partial charge in [-0.1, -0.05) is 0 Å². The molecule has 0 atom stereocenters. The molecular formula is C15H13F3N4O2. The Bertz CT molecular complexity index is 749. The molecule has 1 aromatic carbocycles. The molecule has 126 valence electrons. The van der Waals surface area contributed by atoms with E-state index in [4.69, 9.17) is 4.74 Å². The third-order valence-corrected chi connectivity index (χ3v) is 3.48. The number of carbonyl (C=O) groups excluding carboxylic acids is 1. The molecule has 0 bridgehead atoms. The first-order valence-electron chi connectivity index (χ1n) is 7.16. The van der Waals surface area contributed by atoms with Crippen molar-refractivity contribution in [2.24, 2.45) is 0 Å². The summed E-state index contributed by atoms with van der Waals surface area (Å²) in [5, 5.41) is 2.44. The van der Waals surface area contributed by atoms with Crippen LogP contribution in [0, 0.1) is 17.5 Å². The summed E-state index contributed by atoms with van der Waals surface area (Å²) in [7, 11) is 0. The van der Waals surface area contributed by atoms with Crippen molar-refractivity contribution in [2.45, 2.75) is 0 Å². The molecule has 0 aliphatic carbocycles. The highest BCUT2D eigenvalue weighted by atomic mass is 19.2. The normalized spacial score (nSPS) is 14.5. The Morgan fingerprint density at radius 1 is 1.08 bits per heavy atom. The zero-order valence-corrected chi connectivity index (χ0v) is 12.4. The van der Waals surface area contributed by atoms with Gasteiger partial charge in [0.2, 0.25) is 5.95 Å². The number of nitrogens with one attached hydrogen (secondary N) is 1. The second kappa shape index (κ2) is 6.83. The fraction of sp³-hybridized carbons (Fsp3) is 0.267. The van der Waals surface area contributed by atoms with Crippen molar-refractivity contribution < 1.29 is 22.7 Å². The average Bonchev–Trinajstić information content (AvgIpc) is 2.63. The highest BCUT2D eigenvalue weighted by Gasteiger charge is 2.19. The lowest BCUT2D eigenvalue weighted by atomic mass is 10.2. The molecule has 1 saturated heterocycles. The molecule has 6 nitrogen and oxygen atoms in total. The van der Waals surface area contributed by atoms with Crippen molar-refractivity contribution in [3.8, 4) is 0 Å². The molecule has 1 amide bonds. The monoisotopic (exact) mass is 338 g/mol. The molecular weight excluding hydrogens is 325 g/mol. The third kappa shape index (κ3) is 3.30. The number of carbonyl (C=O) groups is 1. The predicted octanol–water partition coefficient (Wildman–Crippen LogP) is 2.11. The largest absolute Gasteiger partial charge is 0.378 e. The zero-order valence-electron chi connectivity index (χ0n) is 12.4. The van der Waals surface area contributed by atoms with E-state index in [0.29, 0.717) is 26.3 Å². The number of ether oxygens (including phenoxy) is 1. The summed E-state index contributed by atoms with van der Waals surface area (Å²) in [5.41, 5.74) is -0.0330. The molecule has 2 aromatic rings. The number of hydrogen-bond acceptors (Lipinski definition) is 5. The molecule has 0 radical (unpaired) electrons. The van der Waals surface area contributed by atoms with Gasteiger partial charge >= 0.3 is 0 Å². The summed E-state index contributed by atoms with van der Waals surface area (Å²) >= 11 is 0. The van der Waals surface area contributed by atoms with Crippen LogP contribution in [0.1, 0.15) is 10.4 Å². The zero-order chi connectivity index (χ0) is 17.1. The van der Waals surface area contributed by atoms with Crippen molar-refractivity contribution in [1.29, 1.82) is 0 Å². The Kier molecular flexibility index (Phi) is 4.61. The lowest BCUT2D eigenvalue weighted by Crippen LogP contribution is -2.40. The van der Waals surface area contributed by atoms with E-state index in [1.165, 1.54) is 12.4 Å². The smallest absolute Gasteiger partial charge is 0.257 e. The fourth-order valence-electron chi connectivity index (χ4n) is 2.19. The Hall–Kier alpha value is -2.68. The van der Waals surface area contributed by atoms with E-state index in [0.717, 1.165) is 12.1 Å². The van der Waals surface area contributed by atoms with E-state index in [1.807, 2.05) is 0 Å². The first-order chi connectivity index (χ1) is 11.6. The van der Waals surface area contributed by atoms with Crippen molar-refractivity contribution in [2.75, 3.05) is 31.6 Å². The van der Waals surface area contributed by atoms with Crippen molar-refractivity contribution in [1.82, 2.24) is 14.9 Å². The summed E-state index contributed by atoms with van der Waals surface area (Å²) in [6, 6.07) is 1.82. The molecule has 1 aliphatic rings. The van der Waals surface area contributed by atoms with E-state index in [1.54, 1.807) is 4.90 Å². The predicted molar refractivity (Wildman–Crippen MR) is 78.4 cm³/mol. The molecule has 3 rings (SSSR count). The quantitative estimate of drug-likeness (QED) is 0.868. The van der Waals surface area contributed by atoms with Crippen molar-refractivity contribution in [3.05, 3.63) is 47.5 Å². The maximum absolute atomic E-state index is 13.6. The van der Waals surface area contributed by atoms with Crippen LogP contribution in [0.2, 0.25) is 0 Å². The first kappa shape index (κ1) is 16.2. The van der Waals surface area contributed by atoms with Gasteiger partial charge in [-0.15, -0.1) is 0 Å². The number of morpholine rings is 1. The van der Waals surface area contributed by atoms with Crippen LogP contribution in [0.5, 0.6) is 0 Å². The molecule has 1 aliphatic heterocycles. The number of halogens is 3. The second-order valence-corrected chi connectivity index (χ2v) is 5.05. The highest BCUT2D eigenvalue weighted by Crippen LogP contribution is 2.22. The van der Waals surface area contributed by atoms with Gasteiger partial charge in [0.1, 0.15) is 0 Å². The molecule has 0 saturated carbocycles. The highest BCUT2D eigenvalue weighted by molar-refractivity contribution is 5.93. The van der Waals surface area contributed by atoms with Crippen LogP contribution in [0.15, 0.2) is 24.5 Å². The number of rotatable bonds is 3. The lowest BCUT2D eigenvalue weighted by molar-refractivity contribution is 0.0302. The van der Waals surface area contributed by atoms with Gasteiger partial charge in [-0.2, -0.15) is 0 Å². The van der Waals surface area contributed by atoms with E-state index in [9.17, 15) is 18.0 Å². The van der Waals surface area contributed by atoms with E-state index >= 15 is 0 Å². The van der Waals surface area contributed by atoms with Gasteiger partial charge in [0.25, 0.3) is 5.91 Å². The second-order valence-electron chi connectivity index (χ2n) is 5.05. The molecule has 1 N–H and O–H groups in total. The summed E-state index contributed by atoms with van der Waals surface area (Å²) in [6.07, 6.45) is 2.57. The van der Waals surface area contributed by atoms with Gasteiger partial charge < -0.3 is 15.0 Å². The van der Waals surface area contributed by atoms with E-state index in [2.05, 4.69) is 15.3 Å². The minimum absolute atomic E-state index is 0.0431. The lowest BCUT2D eigenvalue weighted by Gasteiger charge is -2.26. The van der Waals surface area contributed by atoms with Crippen molar-refractivity contribution in [3.63, 3.8) is 0 Å². The maximum atomic E-state index is 13.6. The van der Waals surface area contributed by atoms with Crippen LogP contribution >= 0.6 is 0 Å². The maximum Gasteiger partial charge on any atom is 0.257 e. The summed E-state index contributed by atoms with van der Waals surface area (Å²) in [4.78, 5) is 21.6. The van der Waals surface area contributed by atoms with Gasteiger partial charge in [-0.05, 0) is 12.1 Å². The van der Waals surface area contributed by atoms with Gasteiger partial charge in [-0.25, -0.2) is 23.1 Å². The van der Waals surface area contributed by atoms with Crippen LogP contribution in [0.25, 0.3) is 0 Å². The van der Waals surface area contributed by atoms with Gasteiger partial charge in [-0.3, -0.25) is 4.79 Å². The minimum Gasteiger partial charge on any atom is -0.378 e. The fourth-order valence-corrected chi connectivity index (χ4v) is 2.19. The number of amides is 1. The topological polar surface area (TPSA) is 67.4 Å². The summed E-state index contributed by atoms with van der Waals surface area (Å²) in [5.74, 6) is -4.51. The number of aromatic nitrogens is 2. The SMILES string of the molecule is O=C(c1cnc(Nc2ccc(F)c(F)c2F)nc1)N1CCOCC1. The minimum atomic E-state index is -1.58. The number of hydrogen-bond donors (Lipinski definition) is 1. The molecule has 1 aromatic heterocycles. The number of anilines is 2. The summed E-state index contributed by atoms with van der Waals surface area (Å²) in [6.45, 7) is 1.92. The Balaban J connectivity index is 1.73. The van der Waals surface area contributed by atoms with Gasteiger partial charge in [0.15, 0.2) is 17.5 Å². The van der Waals surface area contributed by atoms with Crippen LogP contribution in [0.3, 0.4) is 0 Å². The van der Waals surface area contributed by atoms with Gasteiger partial charge in [0.05, 0.1) is 24.5 Å². The summed E-state index contributed by atoms with van der Waals surface area (Å²) < 4.78 is 44.8. The van der Waals surface area contributed by atoms with Crippen LogP contribution in [0.4, 0.5) is 24.8 Å². The van der Waals surface area contributed by atoms with Crippen LogP contribution < -0.4 is 5.32 Å². The Morgan fingerprint density at radius 3 is 2.42 bits per heavy atom. The van der Waals surface area contributed by atoms with E-state index in [-0.39, 0.29) is 23.1 Å². The molecule has 2 heterocycles. The van der Waals surface area contributed by atoms with E-state index < -0.39 is 17.5 Å². The molecule has 1 fully saturated rings. The standard InChI is InChI=1S/C15H13F3N4O2/c16-10-1-2-11(13(18)12(10)17)21-15-19-7-9(8-20-15)14(23)22-3-5-24-6-4-22/h1-2,7-8H,3-6H2,(H,19,20,21). The molecule has 9 heteroatoms. The molecule has 0 spiro atoms. The molecule has 24 heavy (non-hydrogen) atoms. The number of benzene rings is 1. The Morgan fingerprint density at radius 2 is 1.75 bits per heavy atom.